The molecule has 0 bridgehead atoms. The van der Waals surface area contributed by atoms with Crippen LogP contribution in [0.25, 0.3) is 0 Å². The van der Waals surface area contributed by atoms with Gasteiger partial charge in [-0.2, -0.15) is 5.26 Å². The lowest BCUT2D eigenvalue weighted by Gasteiger charge is -2.27. The molecule has 2 aliphatic rings. The van der Waals surface area contributed by atoms with Crippen LogP contribution in [0, 0.1) is 18.3 Å². The van der Waals surface area contributed by atoms with E-state index in [2.05, 4.69) is 30.4 Å². The van der Waals surface area contributed by atoms with Crippen LogP contribution in [0.3, 0.4) is 0 Å². The second-order valence-corrected chi connectivity index (χ2v) is 7.82. The first-order chi connectivity index (χ1) is 13.5. The van der Waals surface area contributed by atoms with Crippen LogP contribution >= 0.6 is 0 Å². The van der Waals surface area contributed by atoms with Crippen LogP contribution < -0.4 is 11.1 Å². The minimum Gasteiger partial charge on any atom is -0.325 e. The molecule has 3 N–H and O–H groups in total. The molecule has 28 heavy (non-hydrogen) atoms. The summed E-state index contributed by atoms with van der Waals surface area (Å²) < 4.78 is 0. The van der Waals surface area contributed by atoms with E-state index in [1.807, 2.05) is 17.0 Å². The number of amides is 1. The van der Waals surface area contributed by atoms with Crippen molar-refractivity contribution in [2.45, 2.75) is 56.9 Å². The molecule has 7 nitrogen and oxygen atoms in total. The Bertz CT molecular complexity index is 747. The van der Waals surface area contributed by atoms with Crippen molar-refractivity contribution in [3.05, 3.63) is 35.4 Å². The Balaban J connectivity index is 1.55. The maximum absolute atomic E-state index is 12.6. The third-order valence-electron chi connectivity index (χ3n) is 5.88. The predicted molar refractivity (Wildman–Crippen MR) is 106 cm³/mol. The van der Waals surface area contributed by atoms with Gasteiger partial charge in [-0.05, 0) is 37.3 Å². The quantitative estimate of drug-likeness (QED) is 0.668. The number of likely N-dealkylation sites (tertiary alicyclic amines) is 2. The van der Waals surface area contributed by atoms with Gasteiger partial charge in [-0.25, -0.2) is 0 Å². The highest BCUT2D eigenvalue weighted by Gasteiger charge is 2.36. The molecule has 4 unspecified atom stereocenters. The number of carbonyl (C=O) groups is 2. The van der Waals surface area contributed by atoms with Crippen molar-refractivity contribution >= 4 is 12.2 Å². The molecule has 0 saturated carbocycles. The van der Waals surface area contributed by atoms with Crippen molar-refractivity contribution < 1.29 is 9.59 Å². The molecule has 150 valence electrons. The number of nitriles is 1. The van der Waals surface area contributed by atoms with E-state index in [4.69, 9.17) is 5.73 Å². The molecule has 1 aromatic rings. The average molecular weight is 383 g/mol. The normalized spacial score (nSPS) is 26.2. The number of hydrogen-bond donors (Lipinski definition) is 2. The first-order valence-corrected chi connectivity index (χ1v) is 9.96. The molecule has 4 atom stereocenters. The monoisotopic (exact) mass is 383 g/mol. The topological polar surface area (TPSA) is 102 Å². The lowest BCUT2D eigenvalue weighted by atomic mass is 10.1. The zero-order valence-electron chi connectivity index (χ0n) is 16.4. The molecule has 0 radical (unpaired) electrons. The number of benzene rings is 1. The summed E-state index contributed by atoms with van der Waals surface area (Å²) in [7, 11) is 0. The van der Waals surface area contributed by atoms with Crippen molar-refractivity contribution in [3.8, 4) is 6.07 Å². The molecule has 0 spiro atoms. The largest absolute Gasteiger partial charge is 0.325 e. The predicted octanol–water partition coefficient (Wildman–Crippen LogP) is 0.568. The van der Waals surface area contributed by atoms with Gasteiger partial charge in [0.1, 0.15) is 12.3 Å². The molecule has 0 aromatic heterocycles. The standard InChI is InChI=1S/C21H29N5O2/c1-15-5-2-3-6-16(15)11-24-17-9-19(14-27)25(12-17)13-20(23)21(28)26-8-4-7-18(26)10-22/h2-3,5-6,14,17-20,24H,4,7-9,11-13,23H2,1H3. The van der Waals surface area contributed by atoms with Crippen molar-refractivity contribution in [2.24, 2.45) is 5.73 Å². The van der Waals surface area contributed by atoms with Crippen LogP contribution in [0.2, 0.25) is 0 Å². The fraction of sp³-hybridized carbons (Fsp3) is 0.571. The molecule has 2 fully saturated rings. The van der Waals surface area contributed by atoms with E-state index in [9.17, 15) is 14.9 Å². The van der Waals surface area contributed by atoms with Gasteiger partial charge in [0.25, 0.3) is 0 Å². The fourth-order valence-electron chi connectivity index (χ4n) is 4.20. The highest BCUT2D eigenvalue weighted by Crippen LogP contribution is 2.20. The van der Waals surface area contributed by atoms with Crippen LogP contribution in [0.5, 0.6) is 0 Å². The number of aldehydes is 1. The summed E-state index contributed by atoms with van der Waals surface area (Å²) >= 11 is 0. The number of aryl methyl sites for hydroxylation is 1. The van der Waals surface area contributed by atoms with Gasteiger partial charge >= 0.3 is 0 Å². The zero-order valence-corrected chi connectivity index (χ0v) is 16.4. The Labute approximate surface area is 166 Å². The molecule has 1 amide bonds. The molecule has 2 saturated heterocycles. The van der Waals surface area contributed by atoms with Crippen molar-refractivity contribution in [2.75, 3.05) is 19.6 Å². The Hall–Kier alpha value is -2.27. The highest BCUT2D eigenvalue weighted by molar-refractivity contribution is 5.83. The Morgan fingerprint density at radius 1 is 1.46 bits per heavy atom. The number of nitrogens with two attached hydrogens (primary N) is 1. The third-order valence-corrected chi connectivity index (χ3v) is 5.88. The first kappa shape index (κ1) is 20.5. The second-order valence-electron chi connectivity index (χ2n) is 7.82. The Kier molecular flexibility index (Phi) is 6.79. The number of nitrogens with zero attached hydrogens (tertiary/aromatic N) is 3. The van der Waals surface area contributed by atoms with Gasteiger partial charge in [0.05, 0.1) is 18.2 Å². The molecule has 3 rings (SSSR count). The maximum atomic E-state index is 12.6. The van der Waals surface area contributed by atoms with Crippen molar-refractivity contribution in [1.82, 2.24) is 15.1 Å². The van der Waals surface area contributed by atoms with E-state index in [1.165, 1.54) is 11.1 Å². The average Bonchev–Trinajstić information content (AvgIpc) is 3.33. The van der Waals surface area contributed by atoms with E-state index in [1.54, 1.807) is 4.90 Å². The van der Waals surface area contributed by atoms with Crippen LogP contribution in [0.15, 0.2) is 24.3 Å². The van der Waals surface area contributed by atoms with Crippen LogP contribution in [-0.2, 0) is 16.1 Å². The van der Waals surface area contributed by atoms with E-state index >= 15 is 0 Å². The van der Waals surface area contributed by atoms with Gasteiger partial charge in [0.15, 0.2) is 0 Å². The number of nitrogens with one attached hydrogen (secondary N) is 1. The lowest BCUT2D eigenvalue weighted by Crippen LogP contribution is -2.52. The smallest absolute Gasteiger partial charge is 0.241 e. The minimum atomic E-state index is -0.716. The Morgan fingerprint density at radius 2 is 2.25 bits per heavy atom. The number of carbonyl (C=O) groups excluding carboxylic acids is 2. The molecular weight excluding hydrogens is 354 g/mol. The van der Waals surface area contributed by atoms with Gasteiger partial charge in [0.2, 0.25) is 5.91 Å². The van der Waals surface area contributed by atoms with Crippen molar-refractivity contribution in [3.63, 3.8) is 0 Å². The van der Waals surface area contributed by atoms with E-state index in [0.717, 1.165) is 19.3 Å². The summed E-state index contributed by atoms with van der Waals surface area (Å²) in [5.74, 6) is -0.190. The summed E-state index contributed by atoms with van der Waals surface area (Å²) in [5, 5.41) is 12.7. The lowest BCUT2D eigenvalue weighted by molar-refractivity contribution is -0.133. The van der Waals surface area contributed by atoms with Gasteiger partial charge < -0.3 is 20.7 Å². The van der Waals surface area contributed by atoms with E-state index in [-0.39, 0.29) is 24.0 Å². The van der Waals surface area contributed by atoms with Gasteiger partial charge in [-0.15, -0.1) is 0 Å². The summed E-state index contributed by atoms with van der Waals surface area (Å²) in [6, 6.07) is 9.26. The van der Waals surface area contributed by atoms with Gasteiger partial charge in [-0.3, -0.25) is 9.69 Å². The van der Waals surface area contributed by atoms with E-state index < -0.39 is 6.04 Å². The molecule has 7 heteroatoms. The minimum absolute atomic E-state index is 0.177. The van der Waals surface area contributed by atoms with Crippen LogP contribution in [0.1, 0.15) is 30.4 Å². The van der Waals surface area contributed by atoms with E-state index in [0.29, 0.717) is 32.5 Å². The molecule has 2 heterocycles. The first-order valence-electron chi connectivity index (χ1n) is 9.96. The van der Waals surface area contributed by atoms with Crippen molar-refractivity contribution in [1.29, 1.82) is 5.26 Å². The molecular formula is C21H29N5O2. The Morgan fingerprint density at radius 3 is 2.96 bits per heavy atom. The molecule has 0 aliphatic carbocycles. The zero-order chi connectivity index (χ0) is 20.1. The van der Waals surface area contributed by atoms with Gasteiger partial charge in [-0.1, -0.05) is 24.3 Å². The summed E-state index contributed by atoms with van der Waals surface area (Å²) in [6.07, 6.45) is 3.20. The van der Waals surface area contributed by atoms with Gasteiger partial charge in [0, 0.05) is 32.2 Å². The van der Waals surface area contributed by atoms with Crippen LogP contribution in [0.4, 0.5) is 0 Å². The molecule has 2 aliphatic heterocycles. The maximum Gasteiger partial charge on any atom is 0.241 e. The number of hydrogen-bond acceptors (Lipinski definition) is 6. The fourth-order valence-corrected chi connectivity index (χ4v) is 4.20. The SMILES string of the molecule is Cc1ccccc1CNC1CC(C=O)N(CC(N)C(=O)N2CCCC2C#N)C1. The summed E-state index contributed by atoms with van der Waals surface area (Å²) in [4.78, 5) is 27.8. The second kappa shape index (κ2) is 9.28. The summed E-state index contributed by atoms with van der Waals surface area (Å²) in [6.45, 7) is 4.43. The van der Waals surface area contributed by atoms with Crippen LogP contribution in [-0.4, -0.2) is 65.8 Å². The highest BCUT2D eigenvalue weighted by atomic mass is 16.2. The molecule has 1 aromatic carbocycles. The summed E-state index contributed by atoms with van der Waals surface area (Å²) in [5.41, 5.74) is 8.64. The number of rotatable bonds is 7. The third kappa shape index (κ3) is 4.58.